The minimum Gasteiger partial charge on any atom is -0.390 e. The highest BCUT2D eigenvalue weighted by Crippen LogP contribution is 2.20. The second-order valence-electron chi connectivity index (χ2n) is 3.30. The Labute approximate surface area is 104 Å². The lowest BCUT2D eigenvalue weighted by atomic mass is 10.2. The molecule has 0 bridgehead atoms. The fourth-order valence-corrected chi connectivity index (χ4v) is 1.48. The summed E-state index contributed by atoms with van der Waals surface area (Å²) >= 11 is 2.85. The molecule has 94 valence electrons. The van der Waals surface area contributed by atoms with Crippen molar-refractivity contribution in [2.75, 3.05) is 13.2 Å². The molecule has 0 aliphatic rings. The standard InChI is InChI=1S/C10H9BrF3NO2/c11-8-6(2-1-3-7(8)12)9(17)15-4-10(13,14)5-16/h1-3,16H,4-5H2,(H,15,17). The third-order valence-corrected chi connectivity index (χ3v) is 2.74. The molecule has 0 unspecified atom stereocenters. The van der Waals surface area contributed by atoms with Gasteiger partial charge in [0.05, 0.1) is 16.6 Å². The molecule has 0 aliphatic carbocycles. The van der Waals surface area contributed by atoms with Gasteiger partial charge in [0, 0.05) is 0 Å². The average molecular weight is 312 g/mol. The van der Waals surface area contributed by atoms with Gasteiger partial charge in [0.2, 0.25) is 0 Å². The van der Waals surface area contributed by atoms with Crippen LogP contribution in [0, 0.1) is 5.82 Å². The van der Waals surface area contributed by atoms with Gasteiger partial charge in [-0.15, -0.1) is 0 Å². The zero-order chi connectivity index (χ0) is 13.1. The van der Waals surface area contributed by atoms with E-state index in [1.165, 1.54) is 12.1 Å². The van der Waals surface area contributed by atoms with Crippen LogP contribution in [0.3, 0.4) is 0 Å². The summed E-state index contributed by atoms with van der Waals surface area (Å²) in [4.78, 5) is 11.5. The number of benzene rings is 1. The Kier molecular flexibility index (Phi) is 4.53. The van der Waals surface area contributed by atoms with Gasteiger partial charge < -0.3 is 10.4 Å². The Balaban J connectivity index is 2.74. The fraction of sp³-hybridized carbons (Fsp3) is 0.300. The second kappa shape index (κ2) is 5.50. The molecule has 0 saturated heterocycles. The van der Waals surface area contributed by atoms with Crippen LogP contribution in [0.25, 0.3) is 0 Å². The third kappa shape index (κ3) is 3.71. The van der Waals surface area contributed by atoms with Crippen LogP contribution in [-0.4, -0.2) is 30.1 Å². The van der Waals surface area contributed by atoms with Crippen LogP contribution in [0.5, 0.6) is 0 Å². The Morgan fingerprint density at radius 2 is 2.12 bits per heavy atom. The SMILES string of the molecule is O=C(NCC(F)(F)CO)c1cccc(F)c1Br. The monoisotopic (exact) mass is 311 g/mol. The van der Waals surface area contributed by atoms with Crippen molar-refractivity contribution in [2.24, 2.45) is 0 Å². The predicted molar refractivity (Wildman–Crippen MR) is 58.5 cm³/mol. The summed E-state index contributed by atoms with van der Waals surface area (Å²) in [6.07, 6.45) is 0. The summed E-state index contributed by atoms with van der Waals surface area (Å²) in [6, 6.07) is 3.71. The summed E-state index contributed by atoms with van der Waals surface area (Å²) in [7, 11) is 0. The summed E-state index contributed by atoms with van der Waals surface area (Å²) in [6.45, 7) is -2.37. The maximum atomic E-state index is 13.1. The first-order valence-electron chi connectivity index (χ1n) is 4.58. The first kappa shape index (κ1) is 14.0. The van der Waals surface area contributed by atoms with E-state index in [1.54, 1.807) is 0 Å². The van der Waals surface area contributed by atoms with Gasteiger partial charge in [-0.05, 0) is 28.1 Å². The van der Waals surface area contributed by atoms with Crippen LogP contribution < -0.4 is 5.32 Å². The summed E-state index contributed by atoms with van der Waals surface area (Å²) in [5.41, 5.74) is -0.0845. The first-order valence-corrected chi connectivity index (χ1v) is 5.37. The molecule has 7 heteroatoms. The fourth-order valence-electron chi connectivity index (χ4n) is 1.04. The predicted octanol–water partition coefficient (Wildman–Crippen LogP) is 1.95. The van der Waals surface area contributed by atoms with Crippen molar-refractivity contribution in [3.63, 3.8) is 0 Å². The Morgan fingerprint density at radius 1 is 1.47 bits per heavy atom. The topological polar surface area (TPSA) is 49.3 Å². The summed E-state index contributed by atoms with van der Waals surface area (Å²) < 4.78 is 38.3. The minimum atomic E-state index is -3.39. The lowest BCUT2D eigenvalue weighted by Gasteiger charge is -2.14. The second-order valence-corrected chi connectivity index (χ2v) is 4.09. The molecular weight excluding hydrogens is 303 g/mol. The Hall–Kier alpha value is -1.08. The maximum Gasteiger partial charge on any atom is 0.287 e. The molecule has 0 fully saturated rings. The molecule has 0 atom stereocenters. The van der Waals surface area contributed by atoms with Crippen molar-refractivity contribution in [3.05, 3.63) is 34.1 Å². The lowest BCUT2D eigenvalue weighted by Crippen LogP contribution is -2.39. The molecule has 0 heterocycles. The minimum absolute atomic E-state index is 0.0845. The number of carbonyl (C=O) groups excluding carboxylic acids is 1. The normalized spacial score (nSPS) is 11.4. The van der Waals surface area contributed by atoms with Gasteiger partial charge in [-0.2, -0.15) is 0 Å². The lowest BCUT2D eigenvalue weighted by molar-refractivity contribution is -0.0462. The number of aliphatic hydroxyl groups is 1. The first-order chi connectivity index (χ1) is 7.87. The van der Waals surface area contributed by atoms with E-state index in [9.17, 15) is 18.0 Å². The van der Waals surface area contributed by atoms with Crippen molar-refractivity contribution in [3.8, 4) is 0 Å². The molecule has 3 nitrogen and oxygen atoms in total. The molecular formula is C10H9BrF3NO2. The van der Waals surface area contributed by atoms with Gasteiger partial charge in [-0.25, -0.2) is 13.2 Å². The van der Waals surface area contributed by atoms with Crippen LogP contribution >= 0.6 is 15.9 Å². The van der Waals surface area contributed by atoms with E-state index in [-0.39, 0.29) is 10.0 Å². The van der Waals surface area contributed by atoms with Gasteiger partial charge in [0.1, 0.15) is 12.4 Å². The van der Waals surface area contributed by atoms with E-state index in [0.29, 0.717) is 0 Å². The number of nitrogens with one attached hydrogen (secondary N) is 1. The number of hydrogen-bond acceptors (Lipinski definition) is 2. The van der Waals surface area contributed by atoms with E-state index in [0.717, 1.165) is 6.07 Å². The molecule has 1 aromatic rings. The van der Waals surface area contributed by atoms with Gasteiger partial charge in [0.25, 0.3) is 11.8 Å². The maximum absolute atomic E-state index is 13.1. The van der Waals surface area contributed by atoms with Crippen LogP contribution in [0.1, 0.15) is 10.4 Å². The third-order valence-electron chi connectivity index (χ3n) is 1.94. The quantitative estimate of drug-likeness (QED) is 0.893. The molecule has 0 spiro atoms. The van der Waals surface area contributed by atoms with E-state index < -0.39 is 30.8 Å². The summed E-state index contributed by atoms with van der Waals surface area (Å²) in [5, 5.41) is 10.2. The molecule has 0 aliphatic heterocycles. The van der Waals surface area contributed by atoms with E-state index >= 15 is 0 Å². The van der Waals surface area contributed by atoms with Gasteiger partial charge in [-0.3, -0.25) is 4.79 Å². The number of aliphatic hydroxyl groups excluding tert-OH is 1. The van der Waals surface area contributed by atoms with Crippen molar-refractivity contribution < 1.29 is 23.1 Å². The van der Waals surface area contributed by atoms with Crippen LogP contribution in [0.4, 0.5) is 13.2 Å². The Bertz CT molecular complexity index is 426. The number of halogens is 4. The van der Waals surface area contributed by atoms with Crippen LogP contribution in [-0.2, 0) is 0 Å². The van der Waals surface area contributed by atoms with Crippen LogP contribution in [0.2, 0.25) is 0 Å². The molecule has 0 radical (unpaired) electrons. The smallest absolute Gasteiger partial charge is 0.287 e. The van der Waals surface area contributed by atoms with E-state index in [4.69, 9.17) is 5.11 Å². The Morgan fingerprint density at radius 3 is 2.71 bits per heavy atom. The van der Waals surface area contributed by atoms with Gasteiger partial charge in [-0.1, -0.05) is 6.07 Å². The highest BCUT2D eigenvalue weighted by molar-refractivity contribution is 9.10. The molecule has 17 heavy (non-hydrogen) atoms. The highest BCUT2D eigenvalue weighted by atomic mass is 79.9. The zero-order valence-corrected chi connectivity index (χ0v) is 10.1. The average Bonchev–Trinajstić information content (AvgIpc) is 2.30. The van der Waals surface area contributed by atoms with Crippen molar-refractivity contribution in [2.45, 2.75) is 5.92 Å². The number of alkyl halides is 2. The molecule has 1 amide bonds. The molecule has 0 saturated carbocycles. The molecule has 2 N–H and O–H groups in total. The van der Waals surface area contributed by atoms with E-state index in [1.807, 2.05) is 5.32 Å². The highest BCUT2D eigenvalue weighted by Gasteiger charge is 2.28. The largest absolute Gasteiger partial charge is 0.390 e. The van der Waals surface area contributed by atoms with E-state index in [2.05, 4.69) is 15.9 Å². The number of rotatable bonds is 4. The van der Waals surface area contributed by atoms with Gasteiger partial charge >= 0.3 is 0 Å². The van der Waals surface area contributed by atoms with Crippen molar-refractivity contribution >= 4 is 21.8 Å². The summed E-state index contributed by atoms with van der Waals surface area (Å²) in [5.74, 6) is -4.90. The number of hydrogen-bond donors (Lipinski definition) is 2. The molecule has 1 rings (SSSR count). The molecule has 1 aromatic carbocycles. The van der Waals surface area contributed by atoms with Crippen molar-refractivity contribution in [1.29, 1.82) is 0 Å². The zero-order valence-electron chi connectivity index (χ0n) is 8.51. The molecule has 0 aromatic heterocycles. The van der Waals surface area contributed by atoms with Crippen molar-refractivity contribution in [1.82, 2.24) is 5.32 Å². The van der Waals surface area contributed by atoms with Gasteiger partial charge in [0.15, 0.2) is 0 Å². The number of carbonyl (C=O) groups is 1. The van der Waals surface area contributed by atoms with Crippen LogP contribution in [0.15, 0.2) is 22.7 Å². The number of amides is 1.